The molecule has 1 atom stereocenters. The van der Waals surface area contributed by atoms with Crippen molar-refractivity contribution in [1.29, 1.82) is 0 Å². The van der Waals surface area contributed by atoms with Crippen molar-refractivity contribution < 1.29 is 4.79 Å². The number of anilines is 1. The summed E-state index contributed by atoms with van der Waals surface area (Å²) in [6.07, 6.45) is 2.38. The van der Waals surface area contributed by atoms with E-state index >= 15 is 0 Å². The lowest BCUT2D eigenvalue weighted by Gasteiger charge is -2.10. The van der Waals surface area contributed by atoms with Crippen LogP contribution in [0.4, 0.5) is 5.13 Å². The van der Waals surface area contributed by atoms with Gasteiger partial charge < -0.3 is 10.3 Å². The van der Waals surface area contributed by atoms with Gasteiger partial charge >= 0.3 is 0 Å². The minimum atomic E-state index is -0.978. The monoisotopic (exact) mass is 365 g/mol. The quantitative estimate of drug-likeness (QED) is 0.654. The van der Waals surface area contributed by atoms with E-state index in [1.165, 1.54) is 11.3 Å². The van der Waals surface area contributed by atoms with E-state index in [-0.39, 0.29) is 5.91 Å². The Morgan fingerprint density at radius 2 is 2.13 bits per heavy atom. The summed E-state index contributed by atoms with van der Waals surface area (Å²) in [4.78, 5) is 20.0. The van der Waals surface area contributed by atoms with Crippen molar-refractivity contribution in [2.45, 2.75) is 17.7 Å². The molecule has 1 saturated carbocycles. The van der Waals surface area contributed by atoms with Crippen LogP contribution in [0, 0.1) is 5.41 Å². The molecule has 0 bridgehead atoms. The van der Waals surface area contributed by atoms with Crippen LogP contribution >= 0.6 is 34.5 Å². The van der Waals surface area contributed by atoms with Crippen LogP contribution in [0.5, 0.6) is 0 Å². The van der Waals surface area contributed by atoms with E-state index in [9.17, 15) is 4.79 Å². The largest absolute Gasteiger partial charge is 0.360 e. The van der Waals surface area contributed by atoms with Crippen molar-refractivity contribution in [2.75, 3.05) is 5.32 Å². The molecule has 1 aromatic carbocycles. The van der Waals surface area contributed by atoms with Crippen molar-refractivity contribution in [3.8, 4) is 11.3 Å². The molecule has 2 N–H and O–H groups in total. The molecule has 0 unspecified atom stereocenters. The van der Waals surface area contributed by atoms with Crippen LogP contribution in [0.25, 0.3) is 22.2 Å². The first kappa shape index (κ1) is 15.0. The second kappa shape index (κ2) is 4.97. The molecule has 1 aliphatic carbocycles. The number of alkyl halides is 2. The summed E-state index contributed by atoms with van der Waals surface area (Å²) in [5.74, 6) is -0.192. The molecule has 7 heteroatoms. The van der Waals surface area contributed by atoms with Gasteiger partial charge in [-0.25, -0.2) is 4.98 Å². The molecule has 0 saturated heterocycles. The topological polar surface area (TPSA) is 57.8 Å². The van der Waals surface area contributed by atoms with Crippen LogP contribution in [0.3, 0.4) is 0 Å². The number of benzene rings is 1. The molecule has 1 amide bonds. The number of aromatic amines is 1. The zero-order valence-corrected chi connectivity index (χ0v) is 14.5. The van der Waals surface area contributed by atoms with Gasteiger partial charge in [-0.15, -0.1) is 34.5 Å². The van der Waals surface area contributed by atoms with Crippen LogP contribution in [0.15, 0.2) is 35.8 Å². The first-order valence-electron chi connectivity index (χ1n) is 7.12. The molecule has 4 nitrogen and oxygen atoms in total. The molecular weight excluding hydrogens is 353 g/mol. The second-order valence-electron chi connectivity index (χ2n) is 5.95. The van der Waals surface area contributed by atoms with Crippen molar-refractivity contribution in [1.82, 2.24) is 9.97 Å². The summed E-state index contributed by atoms with van der Waals surface area (Å²) in [7, 11) is 0. The van der Waals surface area contributed by atoms with Gasteiger partial charge in [0.25, 0.3) is 0 Å². The van der Waals surface area contributed by atoms with Crippen molar-refractivity contribution in [3.63, 3.8) is 0 Å². The molecule has 2 heterocycles. The molecule has 3 aromatic rings. The molecule has 118 valence electrons. The molecule has 2 aromatic heterocycles. The van der Waals surface area contributed by atoms with E-state index in [4.69, 9.17) is 23.2 Å². The number of nitrogens with one attached hydrogen (secondary N) is 2. The standard InChI is InChI=1S/C16H13Cl2N3OS/c1-15(8-16(15,17)18)13(22)21-14-20-12(7-23-14)10-6-19-11-5-3-2-4-9(10)11/h2-7,19H,8H2,1H3,(H,20,21,22)/t15-/m1/s1. The average Bonchev–Trinajstić information content (AvgIpc) is 2.94. The van der Waals surface area contributed by atoms with Crippen LogP contribution in [0.1, 0.15) is 13.3 Å². The number of carbonyl (C=O) groups is 1. The third-order valence-corrected chi connectivity index (χ3v) is 6.21. The highest BCUT2D eigenvalue weighted by Gasteiger charge is 2.68. The number of rotatable bonds is 3. The number of carbonyl (C=O) groups excluding carboxylic acids is 1. The SMILES string of the molecule is C[C@]1(C(=O)Nc2nc(-c3c[nH]c4ccccc34)cs2)CC1(Cl)Cl. The van der Waals surface area contributed by atoms with Gasteiger partial charge in [-0.1, -0.05) is 18.2 Å². The predicted molar refractivity (Wildman–Crippen MR) is 95.2 cm³/mol. The van der Waals surface area contributed by atoms with Gasteiger partial charge in [0.05, 0.1) is 11.1 Å². The Kier molecular flexibility index (Phi) is 3.24. The Hall–Kier alpha value is -1.56. The first-order chi connectivity index (χ1) is 10.9. The Balaban J connectivity index is 1.59. The van der Waals surface area contributed by atoms with Crippen LogP contribution in [0.2, 0.25) is 0 Å². The highest BCUT2D eigenvalue weighted by molar-refractivity contribution is 7.14. The summed E-state index contributed by atoms with van der Waals surface area (Å²) in [6.45, 7) is 1.76. The Morgan fingerprint density at radius 1 is 1.39 bits per heavy atom. The molecule has 4 rings (SSSR count). The summed E-state index contributed by atoms with van der Waals surface area (Å²) in [5.41, 5.74) is 2.15. The Morgan fingerprint density at radius 3 is 2.87 bits per heavy atom. The van der Waals surface area contributed by atoms with Crippen LogP contribution < -0.4 is 5.32 Å². The summed E-state index contributed by atoms with van der Waals surface area (Å²) in [6, 6.07) is 8.03. The number of aromatic nitrogens is 2. The van der Waals surface area contributed by atoms with Gasteiger partial charge in [0.1, 0.15) is 4.33 Å². The summed E-state index contributed by atoms with van der Waals surface area (Å²) in [5, 5.41) is 6.40. The fourth-order valence-electron chi connectivity index (χ4n) is 2.62. The molecule has 23 heavy (non-hydrogen) atoms. The van der Waals surface area contributed by atoms with Gasteiger partial charge in [-0.3, -0.25) is 4.79 Å². The number of H-pyrrole nitrogens is 1. The molecule has 0 radical (unpaired) electrons. The van der Waals surface area contributed by atoms with E-state index in [2.05, 4.69) is 15.3 Å². The summed E-state index contributed by atoms with van der Waals surface area (Å²) >= 11 is 13.5. The zero-order valence-electron chi connectivity index (χ0n) is 12.2. The highest BCUT2D eigenvalue weighted by atomic mass is 35.5. The number of hydrogen-bond acceptors (Lipinski definition) is 3. The van der Waals surface area contributed by atoms with E-state index in [0.717, 1.165) is 22.2 Å². The third kappa shape index (κ3) is 2.35. The highest BCUT2D eigenvalue weighted by Crippen LogP contribution is 2.64. The predicted octanol–water partition coefficient (Wildman–Crippen LogP) is 4.81. The number of thiazole rings is 1. The molecule has 1 aliphatic rings. The van der Waals surface area contributed by atoms with E-state index < -0.39 is 9.75 Å². The first-order valence-corrected chi connectivity index (χ1v) is 8.76. The van der Waals surface area contributed by atoms with Gasteiger partial charge in [0.15, 0.2) is 5.13 Å². The minimum absolute atomic E-state index is 0.192. The average molecular weight is 366 g/mol. The Labute approximate surface area is 146 Å². The lowest BCUT2D eigenvalue weighted by atomic mass is 10.1. The van der Waals surface area contributed by atoms with E-state index in [0.29, 0.717) is 11.6 Å². The maximum absolute atomic E-state index is 12.3. The Bertz CT molecular complexity index is 917. The fourth-order valence-corrected chi connectivity index (χ4v) is 4.03. The fraction of sp³-hybridized carbons (Fsp3) is 0.250. The second-order valence-corrected chi connectivity index (χ2v) is 8.30. The maximum Gasteiger partial charge on any atom is 0.235 e. The molecule has 0 aliphatic heterocycles. The number of nitrogens with zero attached hydrogens (tertiary/aromatic N) is 1. The maximum atomic E-state index is 12.3. The molecular formula is C16H13Cl2N3OS. The lowest BCUT2D eigenvalue weighted by molar-refractivity contribution is -0.120. The van der Waals surface area contributed by atoms with Gasteiger partial charge in [-0.2, -0.15) is 0 Å². The summed E-state index contributed by atoms with van der Waals surface area (Å²) < 4.78 is -0.978. The van der Waals surface area contributed by atoms with Crippen LogP contribution in [-0.4, -0.2) is 20.2 Å². The number of para-hydroxylation sites is 1. The van der Waals surface area contributed by atoms with Crippen LogP contribution in [-0.2, 0) is 4.79 Å². The number of amides is 1. The van der Waals surface area contributed by atoms with Crippen molar-refractivity contribution >= 4 is 56.5 Å². The number of hydrogen-bond donors (Lipinski definition) is 2. The van der Waals surface area contributed by atoms with Gasteiger partial charge in [0.2, 0.25) is 5.91 Å². The molecule has 1 fully saturated rings. The minimum Gasteiger partial charge on any atom is -0.360 e. The smallest absolute Gasteiger partial charge is 0.235 e. The lowest BCUT2D eigenvalue weighted by Crippen LogP contribution is -2.25. The van der Waals surface area contributed by atoms with Gasteiger partial charge in [0, 0.05) is 28.0 Å². The third-order valence-electron chi connectivity index (χ3n) is 4.35. The van der Waals surface area contributed by atoms with Crippen molar-refractivity contribution in [3.05, 3.63) is 35.8 Å². The van der Waals surface area contributed by atoms with E-state index in [1.54, 1.807) is 6.92 Å². The van der Waals surface area contributed by atoms with Crippen molar-refractivity contribution in [2.24, 2.45) is 5.41 Å². The normalized spacial score (nSPS) is 22.2. The van der Waals surface area contributed by atoms with E-state index in [1.807, 2.05) is 35.8 Å². The van der Waals surface area contributed by atoms with Gasteiger partial charge in [-0.05, 0) is 19.4 Å². The number of halogens is 2. The molecule has 0 spiro atoms. The zero-order chi connectivity index (χ0) is 16.2. The number of fused-ring (bicyclic) bond motifs is 1.